The van der Waals surface area contributed by atoms with Crippen molar-refractivity contribution in [1.29, 1.82) is 0 Å². The topological polar surface area (TPSA) is 15.6 Å². The van der Waals surface area contributed by atoms with E-state index in [1.54, 1.807) is 0 Å². The number of hydrogen-bond acceptors (Lipinski definition) is 2. The number of amidine groups is 1. The van der Waals surface area contributed by atoms with Crippen LogP contribution in [0.4, 0.5) is 5.69 Å². The highest BCUT2D eigenvalue weighted by Crippen LogP contribution is 2.24. The summed E-state index contributed by atoms with van der Waals surface area (Å²) in [5, 5.41) is 1.91. The summed E-state index contributed by atoms with van der Waals surface area (Å²) in [4.78, 5) is 7.06. The van der Waals surface area contributed by atoms with Gasteiger partial charge in [-0.15, -0.1) is 0 Å². The fourth-order valence-electron chi connectivity index (χ4n) is 1.72. The van der Waals surface area contributed by atoms with E-state index >= 15 is 0 Å². The Labute approximate surface area is 112 Å². The minimum Gasteiger partial charge on any atom is -0.350 e. The third-order valence-electron chi connectivity index (χ3n) is 2.70. The number of halogens is 1. The van der Waals surface area contributed by atoms with Gasteiger partial charge >= 0.3 is 0 Å². The lowest BCUT2D eigenvalue weighted by atomic mass is 10.3. The van der Waals surface area contributed by atoms with Gasteiger partial charge in [-0.1, -0.05) is 36.7 Å². The van der Waals surface area contributed by atoms with Crippen molar-refractivity contribution in [3.8, 4) is 0 Å². The summed E-state index contributed by atoms with van der Waals surface area (Å²) >= 11 is 7.70. The second-order valence-electron chi connectivity index (χ2n) is 4.06. The first-order valence-electron chi connectivity index (χ1n) is 6.01. The molecule has 0 atom stereocenters. The molecule has 1 fully saturated rings. The van der Waals surface area contributed by atoms with Crippen LogP contribution >= 0.6 is 23.4 Å². The lowest BCUT2D eigenvalue weighted by Gasteiger charge is -2.17. The predicted molar refractivity (Wildman–Crippen MR) is 77.5 cm³/mol. The zero-order chi connectivity index (χ0) is 12.1. The summed E-state index contributed by atoms with van der Waals surface area (Å²) in [5.74, 6) is 1.15. The Morgan fingerprint density at radius 2 is 2.12 bits per heavy atom. The lowest BCUT2D eigenvalue weighted by Crippen LogP contribution is -2.25. The maximum Gasteiger partial charge on any atom is 0.164 e. The molecule has 0 unspecified atom stereocenters. The van der Waals surface area contributed by atoms with Crippen molar-refractivity contribution >= 4 is 34.2 Å². The van der Waals surface area contributed by atoms with E-state index in [4.69, 9.17) is 11.6 Å². The molecule has 1 aromatic rings. The zero-order valence-electron chi connectivity index (χ0n) is 10.0. The number of unbranched alkanes of at least 4 members (excludes halogenated alkanes) is 1. The molecule has 0 aliphatic carbocycles. The smallest absolute Gasteiger partial charge is 0.164 e. The van der Waals surface area contributed by atoms with Crippen molar-refractivity contribution in [2.24, 2.45) is 4.99 Å². The van der Waals surface area contributed by atoms with Gasteiger partial charge in [-0.25, -0.2) is 4.99 Å². The zero-order valence-corrected chi connectivity index (χ0v) is 11.6. The minimum absolute atomic E-state index is 0.760. The summed E-state index contributed by atoms with van der Waals surface area (Å²) in [6.07, 6.45) is 2.47. The van der Waals surface area contributed by atoms with Crippen LogP contribution in [0.25, 0.3) is 0 Å². The van der Waals surface area contributed by atoms with Crippen molar-refractivity contribution in [2.75, 3.05) is 18.8 Å². The molecule has 0 N–H and O–H groups in total. The van der Waals surface area contributed by atoms with Gasteiger partial charge in [0, 0.05) is 23.9 Å². The SMILES string of the molecule is CCCCN1CCSC1=Nc1ccc(Cl)cc1. The fraction of sp³-hybridized carbons (Fsp3) is 0.462. The van der Waals surface area contributed by atoms with Gasteiger partial charge in [0.25, 0.3) is 0 Å². The standard InChI is InChI=1S/C13H17ClN2S/c1-2-3-8-16-9-10-17-13(16)15-12-6-4-11(14)5-7-12/h4-7H,2-3,8-10H2,1H3. The van der Waals surface area contributed by atoms with Gasteiger partial charge in [-0.05, 0) is 30.7 Å². The van der Waals surface area contributed by atoms with Gasteiger partial charge in [-0.2, -0.15) is 0 Å². The first-order chi connectivity index (χ1) is 8.29. The lowest BCUT2D eigenvalue weighted by molar-refractivity contribution is 0.447. The van der Waals surface area contributed by atoms with Crippen LogP contribution in [0.5, 0.6) is 0 Å². The van der Waals surface area contributed by atoms with E-state index in [1.807, 2.05) is 36.0 Å². The molecular weight excluding hydrogens is 252 g/mol. The average molecular weight is 269 g/mol. The Bertz CT molecular complexity index is 389. The van der Waals surface area contributed by atoms with Crippen molar-refractivity contribution in [3.63, 3.8) is 0 Å². The van der Waals surface area contributed by atoms with Crippen LogP contribution in [0.2, 0.25) is 5.02 Å². The molecule has 0 aromatic heterocycles. The monoisotopic (exact) mass is 268 g/mol. The Hall–Kier alpha value is -0.670. The number of thioether (sulfide) groups is 1. The third-order valence-corrected chi connectivity index (χ3v) is 3.94. The molecule has 0 radical (unpaired) electrons. The molecule has 1 aliphatic rings. The molecule has 92 valence electrons. The molecule has 17 heavy (non-hydrogen) atoms. The molecule has 2 rings (SSSR count). The summed E-state index contributed by atoms with van der Waals surface area (Å²) in [6, 6.07) is 7.70. The molecular formula is C13H17ClN2S. The second kappa shape index (κ2) is 6.31. The third kappa shape index (κ3) is 3.65. The van der Waals surface area contributed by atoms with Crippen LogP contribution in [-0.2, 0) is 0 Å². The second-order valence-corrected chi connectivity index (χ2v) is 5.56. The highest BCUT2D eigenvalue weighted by Gasteiger charge is 2.18. The predicted octanol–water partition coefficient (Wildman–Crippen LogP) is 4.18. The molecule has 1 heterocycles. The van der Waals surface area contributed by atoms with Crippen molar-refractivity contribution in [2.45, 2.75) is 19.8 Å². The quantitative estimate of drug-likeness (QED) is 0.814. The molecule has 1 saturated heterocycles. The first-order valence-corrected chi connectivity index (χ1v) is 7.38. The van der Waals surface area contributed by atoms with Crippen LogP contribution < -0.4 is 0 Å². The molecule has 0 saturated carbocycles. The number of hydrogen-bond donors (Lipinski definition) is 0. The summed E-state index contributed by atoms with van der Waals surface area (Å²) in [5.41, 5.74) is 0.986. The molecule has 4 heteroatoms. The van der Waals surface area contributed by atoms with Crippen LogP contribution in [0.15, 0.2) is 29.3 Å². The summed E-state index contributed by atoms with van der Waals surface area (Å²) in [7, 11) is 0. The first kappa shape index (κ1) is 12.8. The highest BCUT2D eigenvalue weighted by atomic mass is 35.5. The van der Waals surface area contributed by atoms with Gasteiger partial charge < -0.3 is 4.90 Å². The van der Waals surface area contributed by atoms with Gasteiger partial charge in [0.05, 0.1) is 5.69 Å². The van der Waals surface area contributed by atoms with Crippen LogP contribution in [-0.4, -0.2) is 28.9 Å². The normalized spacial score (nSPS) is 18.0. The molecule has 0 spiro atoms. The van der Waals surface area contributed by atoms with Gasteiger partial charge in [0.1, 0.15) is 0 Å². The molecule has 2 nitrogen and oxygen atoms in total. The molecule has 1 aliphatic heterocycles. The van der Waals surface area contributed by atoms with Crippen molar-refractivity contribution in [3.05, 3.63) is 29.3 Å². The van der Waals surface area contributed by atoms with Gasteiger partial charge in [0.2, 0.25) is 0 Å². The molecule has 1 aromatic carbocycles. The van der Waals surface area contributed by atoms with Crippen LogP contribution in [0, 0.1) is 0 Å². The Balaban J connectivity index is 2.06. The average Bonchev–Trinajstić information content (AvgIpc) is 2.77. The van der Waals surface area contributed by atoms with Gasteiger partial charge in [-0.3, -0.25) is 0 Å². The number of benzene rings is 1. The van der Waals surface area contributed by atoms with E-state index < -0.39 is 0 Å². The largest absolute Gasteiger partial charge is 0.350 e. The molecule has 0 bridgehead atoms. The van der Waals surface area contributed by atoms with Crippen molar-refractivity contribution in [1.82, 2.24) is 4.90 Å². The van der Waals surface area contributed by atoms with Gasteiger partial charge in [0.15, 0.2) is 5.17 Å². The maximum absolute atomic E-state index is 5.86. The van der Waals surface area contributed by atoms with E-state index in [1.165, 1.54) is 12.8 Å². The van der Waals surface area contributed by atoms with E-state index in [0.717, 1.165) is 34.7 Å². The maximum atomic E-state index is 5.86. The highest BCUT2D eigenvalue weighted by molar-refractivity contribution is 8.14. The summed E-state index contributed by atoms with van der Waals surface area (Å²) in [6.45, 7) is 4.46. The number of rotatable bonds is 4. The Kier molecular flexibility index (Phi) is 4.75. The summed E-state index contributed by atoms with van der Waals surface area (Å²) < 4.78 is 0. The number of nitrogens with zero attached hydrogens (tertiary/aromatic N) is 2. The van der Waals surface area contributed by atoms with Crippen LogP contribution in [0.1, 0.15) is 19.8 Å². The Morgan fingerprint density at radius 3 is 2.82 bits per heavy atom. The van der Waals surface area contributed by atoms with E-state index in [9.17, 15) is 0 Å². The number of aliphatic imine (C=N–C) groups is 1. The minimum atomic E-state index is 0.760. The van der Waals surface area contributed by atoms with E-state index in [-0.39, 0.29) is 0 Å². The molecule has 0 amide bonds. The van der Waals surface area contributed by atoms with E-state index in [0.29, 0.717) is 0 Å². The fourth-order valence-corrected chi connectivity index (χ4v) is 2.87. The van der Waals surface area contributed by atoms with Crippen molar-refractivity contribution < 1.29 is 0 Å². The van der Waals surface area contributed by atoms with Crippen LogP contribution in [0.3, 0.4) is 0 Å². The van der Waals surface area contributed by atoms with E-state index in [2.05, 4.69) is 16.8 Å². The Morgan fingerprint density at radius 1 is 1.35 bits per heavy atom.